The summed E-state index contributed by atoms with van der Waals surface area (Å²) in [4.78, 5) is 2.48. The van der Waals surface area contributed by atoms with E-state index in [1.165, 1.54) is 23.4 Å². The van der Waals surface area contributed by atoms with Crippen molar-refractivity contribution in [2.24, 2.45) is 0 Å². The molecule has 15 heavy (non-hydrogen) atoms. The average molecular weight is 204 g/mol. The first-order valence-electron chi connectivity index (χ1n) is 5.83. The summed E-state index contributed by atoms with van der Waals surface area (Å²) in [5, 5.41) is 3.52. The molecule has 0 aliphatic carbocycles. The van der Waals surface area contributed by atoms with Crippen molar-refractivity contribution in [3.05, 3.63) is 23.8 Å². The minimum Gasteiger partial charge on any atom is -0.383 e. The fourth-order valence-corrected chi connectivity index (χ4v) is 2.33. The van der Waals surface area contributed by atoms with Crippen molar-refractivity contribution in [1.82, 2.24) is 0 Å². The third-order valence-corrected chi connectivity index (χ3v) is 3.21. The molecule has 0 bridgehead atoms. The van der Waals surface area contributed by atoms with Crippen molar-refractivity contribution in [1.29, 1.82) is 0 Å². The number of rotatable bonds is 1. The Hall–Kier alpha value is -1.18. The molecule has 0 radical (unpaired) electrons. The Kier molecular flexibility index (Phi) is 2.85. The number of aryl methyl sites for hydroxylation is 1. The predicted molar refractivity (Wildman–Crippen MR) is 66.8 cm³/mol. The molecule has 1 aromatic carbocycles. The van der Waals surface area contributed by atoms with Gasteiger partial charge >= 0.3 is 0 Å². The topological polar surface area (TPSA) is 15.3 Å². The molecule has 1 heterocycles. The van der Waals surface area contributed by atoms with Gasteiger partial charge in [-0.05, 0) is 44.9 Å². The van der Waals surface area contributed by atoms with Crippen molar-refractivity contribution in [3.63, 3.8) is 0 Å². The first-order chi connectivity index (χ1) is 7.22. The van der Waals surface area contributed by atoms with E-state index in [-0.39, 0.29) is 0 Å². The summed E-state index contributed by atoms with van der Waals surface area (Å²) < 4.78 is 0. The maximum absolute atomic E-state index is 3.52. The van der Waals surface area contributed by atoms with Gasteiger partial charge < -0.3 is 10.2 Å². The molecule has 2 nitrogen and oxygen atoms in total. The summed E-state index contributed by atoms with van der Waals surface area (Å²) in [6.07, 6.45) is 1.21. The van der Waals surface area contributed by atoms with E-state index in [1.807, 2.05) is 0 Å². The summed E-state index contributed by atoms with van der Waals surface area (Å²) in [5.41, 5.74) is 3.97. The molecular weight excluding hydrogens is 184 g/mol. The zero-order valence-electron chi connectivity index (χ0n) is 9.88. The largest absolute Gasteiger partial charge is 0.383 e. The highest BCUT2D eigenvalue weighted by Gasteiger charge is 2.19. The normalized spacial score (nSPS) is 20.5. The molecular formula is C13H20N2. The molecule has 0 saturated carbocycles. The maximum atomic E-state index is 3.52. The molecule has 0 amide bonds. The van der Waals surface area contributed by atoms with E-state index in [4.69, 9.17) is 0 Å². The van der Waals surface area contributed by atoms with Gasteiger partial charge in [-0.1, -0.05) is 6.07 Å². The number of nitrogens with zero attached hydrogens (tertiary/aromatic N) is 1. The van der Waals surface area contributed by atoms with Gasteiger partial charge in [-0.3, -0.25) is 0 Å². The van der Waals surface area contributed by atoms with Crippen LogP contribution < -0.4 is 10.2 Å². The highest BCUT2D eigenvalue weighted by molar-refractivity contribution is 5.72. The summed E-state index contributed by atoms with van der Waals surface area (Å²) >= 11 is 0. The summed E-state index contributed by atoms with van der Waals surface area (Å²) in [7, 11) is 0. The molecule has 1 aliphatic heterocycles. The van der Waals surface area contributed by atoms with Crippen LogP contribution in [0.25, 0.3) is 0 Å². The Morgan fingerprint density at radius 3 is 3.00 bits per heavy atom. The van der Waals surface area contributed by atoms with Crippen LogP contribution in [0.1, 0.15) is 25.8 Å². The molecule has 0 fully saturated rings. The van der Waals surface area contributed by atoms with Crippen molar-refractivity contribution in [2.45, 2.75) is 33.2 Å². The van der Waals surface area contributed by atoms with Crippen LogP contribution in [-0.2, 0) is 0 Å². The Bertz CT molecular complexity index is 346. The number of hydrogen-bond donors (Lipinski definition) is 1. The van der Waals surface area contributed by atoms with E-state index in [0.29, 0.717) is 6.04 Å². The van der Waals surface area contributed by atoms with E-state index in [0.717, 1.165) is 13.1 Å². The predicted octanol–water partition coefficient (Wildman–Crippen LogP) is 3.03. The Morgan fingerprint density at radius 2 is 2.27 bits per heavy atom. The van der Waals surface area contributed by atoms with Gasteiger partial charge in [-0.25, -0.2) is 0 Å². The molecule has 2 heteroatoms. The SMILES string of the molecule is CCN1c2ccc(C)cc2NCCC1C. The third-order valence-electron chi connectivity index (χ3n) is 3.21. The van der Waals surface area contributed by atoms with Crippen LogP contribution in [0.2, 0.25) is 0 Å². The maximum Gasteiger partial charge on any atom is 0.0604 e. The molecule has 0 saturated heterocycles. The van der Waals surface area contributed by atoms with Crippen molar-refractivity contribution in [2.75, 3.05) is 23.3 Å². The molecule has 82 valence electrons. The molecule has 1 N–H and O–H groups in total. The van der Waals surface area contributed by atoms with Gasteiger partial charge in [0.1, 0.15) is 0 Å². The lowest BCUT2D eigenvalue weighted by molar-refractivity contribution is 0.626. The van der Waals surface area contributed by atoms with Crippen LogP contribution in [0.3, 0.4) is 0 Å². The second-order valence-electron chi connectivity index (χ2n) is 4.37. The fraction of sp³-hybridized carbons (Fsp3) is 0.538. The molecule has 0 aromatic heterocycles. The van der Waals surface area contributed by atoms with Crippen molar-refractivity contribution in [3.8, 4) is 0 Å². The van der Waals surface area contributed by atoms with Gasteiger partial charge in [-0.15, -0.1) is 0 Å². The average Bonchev–Trinajstić information content (AvgIpc) is 2.36. The van der Waals surface area contributed by atoms with Crippen LogP contribution in [0.5, 0.6) is 0 Å². The standard InChI is InChI=1S/C13H20N2/c1-4-15-11(3)7-8-14-12-9-10(2)5-6-13(12)15/h5-6,9,11,14H,4,7-8H2,1-3H3. The number of hydrogen-bond acceptors (Lipinski definition) is 2. The van der Waals surface area contributed by atoms with Crippen LogP contribution in [-0.4, -0.2) is 19.1 Å². The molecule has 1 aliphatic rings. The lowest BCUT2D eigenvalue weighted by atomic mass is 10.1. The monoisotopic (exact) mass is 204 g/mol. The second kappa shape index (κ2) is 4.13. The van der Waals surface area contributed by atoms with Crippen LogP contribution in [0.15, 0.2) is 18.2 Å². The van der Waals surface area contributed by atoms with Crippen molar-refractivity contribution < 1.29 is 0 Å². The second-order valence-corrected chi connectivity index (χ2v) is 4.37. The van der Waals surface area contributed by atoms with Gasteiger partial charge in [0.2, 0.25) is 0 Å². The minimum absolute atomic E-state index is 0.631. The molecule has 1 aromatic rings. The van der Waals surface area contributed by atoms with E-state index in [1.54, 1.807) is 0 Å². The van der Waals surface area contributed by atoms with Crippen LogP contribution >= 0.6 is 0 Å². The Balaban J connectivity index is 2.43. The van der Waals surface area contributed by atoms with E-state index in [2.05, 4.69) is 49.2 Å². The first-order valence-corrected chi connectivity index (χ1v) is 5.83. The van der Waals surface area contributed by atoms with E-state index < -0.39 is 0 Å². The van der Waals surface area contributed by atoms with E-state index in [9.17, 15) is 0 Å². The summed E-state index contributed by atoms with van der Waals surface area (Å²) in [6.45, 7) is 8.84. The smallest absolute Gasteiger partial charge is 0.0604 e. The highest BCUT2D eigenvalue weighted by atomic mass is 15.2. The van der Waals surface area contributed by atoms with E-state index >= 15 is 0 Å². The summed E-state index contributed by atoms with van der Waals surface area (Å²) in [5.74, 6) is 0. The first kappa shape index (κ1) is 10.3. The third kappa shape index (κ3) is 1.94. The zero-order chi connectivity index (χ0) is 10.8. The molecule has 0 spiro atoms. The minimum atomic E-state index is 0.631. The molecule has 1 atom stereocenters. The number of benzene rings is 1. The van der Waals surface area contributed by atoms with Gasteiger partial charge in [0.15, 0.2) is 0 Å². The van der Waals surface area contributed by atoms with Crippen LogP contribution in [0.4, 0.5) is 11.4 Å². The fourth-order valence-electron chi connectivity index (χ4n) is 2.33. The summed E-state index contributed by atoms with van der Waals surface area (Å²) in [6, 6.07) is 7.31. The molecule has 2 rings (SSSR count). The van der Waals surface area contributed by atoms with Gasteiger partial charge in [0.05, 0.1) is 11.4 Å². The van der Waals surface area contributed by atoms with Gasteiger partial charge in [0, 0.05) is 19.1 Å². The number of nitrogens with one attached hydrogen (secondary N) is 1. The zero-order valence-corrected chi connectivity index (χ0v) is 9.88. The lowest BCUT2D eigenvalue weighted by Gasteiger charge is -2.29. The van der Waals surface area contributed by atoms with Crippen LogP contribution in [0, 0.1) is 6.92 Å². The van der Waals surface area contributed by atoms with Gasteiger partial charge in [-0.2, -0.15) is 0 Å². The lowest BCUT2D eigenvalue weighted by Crippen LogP contribution is -2.32. The number of fused-ring (bicyclic) bond motifs is 1. The highest BCUT2D eigenvalue weighted by Crippen LogP contribution is 2.31. The van der Waals surface area contributed by atoms with Gasteiger partial charge in [0.25, 0.3) is 0 Å². The number of anilines is 2. The Labute approximate surface area is 92.3 Å². The molecule has 1 unspecified atom stereocenters. The van der Waals surface area contributed by atoms with Crippen molar-refractivity contribution >= 4 is 11.4 Å². The Morgan fingerprint density at radius 1 is 1.47 bits per heavy atom. The quantitative estimate of drug-likeness (QED) is 0.756.